The molecule has 0 radical (unpaired) electrons. The summed E-state index contributed by atoms with van der Waals surface area (Å²) in [6, 6.07) is 0. The van der Waals surface area contributed by atoms with Crippen molar-refractivity contribution in [2.75, 3.05) is 13.7 Å². The summed E-state index contributed by atoms with van der Waals surface area (Å²) < 4.78 is 9.97. The first kappa shape index (κ1) is 12.7. The molecule has 0 unspecified atom stereocenters. The first-order chi connectivity index (χ1) is 5.77. The number of hydrogen-bond donors (Lipinski definition) is 1. The molecule has 0 aromatic heterocycles. The van der Waals surface area contributed by atoms with Gasteiger partial charge >= 0.3 is 5.97 Å². The highest BCUT2D eigenvalue weighted by atomic mass is 35.5. The zero-order valence-corrected chi connectivity index (χ0v) is 8.51. The van der Waals surface area contributed by atoms with Gasteiger partial charge in [-0.2, -0.15) is 0 Å². The Bertz CT molecular complexity index is 165. The minimum Gasteiger partial charge on any atom is -0.467 e. The van der Waals surface area contributed by atoms with Crippen LogP contribution in [-0.4, -0.2) is 31.8 Å². The van der Waals surface area contributed by atoms with E-state index in [9.17, 15) is 4.79 Å². The Kier molecular flexibility index (Phi) is 6.03. The highest BCUT2D eigenvalue weighted by molar-refractivity contribution is 5.85. The molecule has 0 aromatic carbocycles. The molecule has 1 aliphatic rings. The number of carbonyl (C=O) groups excluding carboxylic acids is 1. The fraction of sp³-hybridized carbons (Fsp3) is 0.875. The number of hydrogen-bond acceptors (Lipinski definition) is 4. The smallest absolute Gasteiger partial charge is 0.334 e. The normalized spacial score (nSPS) is 27.5. The highest BCUT2D eigenvalue weighted by Gasteiger charge is 2.27. The van der Waals surface area contributed by atoms with Gasteiger partial charge in [0.2, 0.25) is 0 Å². The monoisotopic (exact) mass is 209 g/mol. The lowest BCUT2D eigenvalue weighted by atomic mass is 10.0. The highest BCUT2D eigenvalue weighted by Crippen LogP contribution is 2.18. The summed E-state index contributed by atoms with van der Waals surface area (Å²) in [4.78, 5) is 11.0. The summed E-state index contributed by atoms with van der Waals surface area (Å²) in [5, 5.41) is 0. The molecular formula is C8H16ClNO3. The number of esters is 1. The van der Waals surface area contributed by atoms with Gasteiger partial charge in [-0.1, -0.05) is 0 Å². The molecule has 0 aromatic rings. The van der Waals surface area contributed by atoms with E-state index < -0.39 is 6.10 Å². The molecule has 1 saturated heterocycles. The maximum Gasteiger partial charge on any atom is 0.334 e. The maximum atomic E-state index is 11.0. The Labute approximate surface area is 84.2 Å². The number of rotatable bonds is 2. The van der Waals surface area contributed by atoms with Crippen molar-refractivity contribution in [1.82, 2.24) is 0 Å². The molecule has 13 heavy (non-hydrogen) atoms. The van der Waals surface area contributed by atoms with E-state index in [0.717, 1.165) is 19.3 Å². The van der Waals surface area contributed by atoms with Gasteiger partial charge in [0.05, 0.1) is 13.2 Å². The van der Waals surface area contributed by atoms with Crippen molar-refractivity contribution in [2.45, 2.75) is 31.5 Å². The van der Waals surface area contributed by atoms with Crippen LogP contribution in [0.2, 0.25) is 0 Å². The van der Waals surface area contributed by atoms with Gasteiger partial charge in [0.25, 0.3) is 0 Å². The Morgan fingerprint density at radius 1 is 1.62 bits per heavy atom. The molecule has 0 bridgehead atoms. The lowest BCUT2D eigenvalue weighted by molar-refractivity contribution is -0.162. The van der Waals surface area contributed by atoms with Gasteiger partial charge in [0, 0.05) is 6.54 Å². The average Bonchev–Trinajstić information content (AvgIpc) is 2.17. The van der Waals surface area contributed by atoms with Gasteiger partial charge in [-0.15, -0.1) is 12.4 Å². The summed E-state index contributed by atoms with van der Waals surface area (Å²) in [5.41, 5.74) is 5.43. The fourth-order valence-electron chi connectivity index (χ4n) is 1.38. The van der Waals surface area contributed by atoms with Crippen LogP contribution in [0.4, 0.5) is 0 Å². The molecule has 78 valence electrons. The van der Waals surface area contributed by atoms with Crippen LogP contribution < -0.4 is 5.73 Å². The molecule has 1 aliphatic heterocycles. The standard InChI is InChI=1S/C8H15NO3.ClH/c1-11-8(10)7-4-2-3-6(5-9)12-7;/h6-7H,2-5,9H2,1H3;1H/t6-,7-;/m0./s1. The van der Waals surface area contributed by atoms with Crippen molar-refractivity contribution in [3.63, 3.8) is 0 Å². The Morgan fingerprint density at radius 3 is 2.85 bits per heavy atom. The van der Waals surface area contributed by atoms with Gasteiger partial charge in [-0.3, -0.25) is 0 Å². The average molecular weight is 210 g/mol. The second kappa shape index (κ2) is 6.18. The molecule has 4 nitrogen and oxygen atoms in total. The lowest BCUT2D eigenvalue weighted by Crippen LogP contribution is -2.37. The largest absolute Gasteiger partial charge is 0.467 e. The van der Waals surface area contributed by atoms with Crippen molar-refractivity contribution in [2.24, 2.45) is 5.73 Å². The molecule has 2 N–H and O–H groups in total. The van der Waals surface area contributed by atoms with Crippen molar-refractivity contribution in [3.05, 3.63) is 0 Å². The lowest BCUT2D eigenvalue weighted by Gasteiger charge is -2.27. The maximum absolute atomic E-state index is 11.0. The van der Waals surface area contributed by atoms with E-state index in [2.05, 4.69) is 4.74 Å². The summed E-state index contributed by atoms with van der Waals surface area (Å²) in [5.74, 6) is -0.284. The number of nitrogens with two attached hydrogens (primary N) is 1. The van der Waals surface area contributed by atoms with E-state index in [1.807, 2.05) is 0 Å². The molecule has 2 atom stereocenters. The van der Waals surface area contributed by atoms with Crippen molar-refractivity contribution < 1.29 is 14.3 Å². The Hall–Kier alpha value is -0.320. The van der Waals surface area contributed by atoms with Crippen LogP contribution in [0.3, 0.4) is 0 Å². The summed E-state index contributed by atoms with van der Waals surface area (Å²) in [6.07, 6.45) is 2.33. The van der Waals surface area contributed by atoms with E-state index in [1.54, 1.807) is 0 Å². The van der Waals surface area contributed by atoms with Crippen molar-refractivity contribution in [1.29, 1.82) is 0 Å². The second-order valence-corrected chi connectivity index (χ2v) is 2.94. The molecule has 5 heteroatoms. The van der Waals surface area contributed by atoms with Crippen molar-refractivity contribution in [3.8, 4) is 0 Å². The number of carbonyl (C=O) groups is 1. The second-order valence-electron chi connectivity index (χ2n) is 2.94. The van der Waals surface area contributed by atoms with Gasteiger partial charge in [-0.25, -0.2) is 4.79 Å². The van der Waals surface area contributed by atoms with E-state index in [1.165, 1.54) is 7.11 Å². The zero-order chi connectivity index (χ0) is 8.97. The van der Waals surface area contributed by atoms with Gasteiger partial charge in [0.15, 0.2) is 6.10 Å². The fourth-order valence-corrected chi connectivity index (χ4v) is 1.38. The predicted octanol–water partition coefficient (Wildman–Crippen LogP) is 0.478. The first-order valence-electron chi connectivity index (χ1n) is 4.21. The first-order valence-corrected chi connectivity index (χ1v) is 4.21. The third kappa shape index (κ3) is 3.50. The summed E-state index contributed by atoms with van der Waals surface area (Å²) in [7, 11) is 1.37. The van der Waals surface area contributed by atoms with Crippen LogP contribution in [0, 0.1) is 0 Å². The Morgan fingerprint density at radius 2 is 2.31 bits per heavy atom. The van der Waals surface area contributed by atoms with E-state index in [4.69, 9.17) is 10.5 Å². The SMILES string of the molecule is COC(=O)[C@@H]1CCC[C@@H](CN)O1.Cl. The summed E-state index contributed by atoms with van der Waals surface area (Å²) >= 11 is 0. The minimum absolute atomic E-state index is 0. The van der Waals surface area contributed by atoms with Gasteiger partial charge in [0.1, 0.15) is 0 Å². The van der Waals surface area contributed by atoms with E-state index in [-0.39, 0.29) is 24.5 Å². The van der Waals surface area contributed by atoms with Crippen LogP contribution in [0.15, 0.2) is 0 Å². The Balaban J connectivity index is 0.00000144. The van der Waals surface area contributed by atoms with Gasteiger partial charge < -0.3 is 15.2 Å². The molecule has 0 spiro atoms. The topological polar surface area (TPSA) is 61.5 Å². The molecule has 1 fully saturated rings. The molecular weight excluding hydrogens is 194 g/mol. The van der Waals surface area contributed by atoms with Crippen LogP contribution in [0.5, 0.6) is 0 Å². The van der Waals surface area contributed by atoms with Crippen LogP contribution >= 0.6 is 12.4 Å². The molecule has 0 aliphatic carbocycles. The third-order valence-electron chi connectivity index (χ3n) is 2.08. The van der Waals surface area contributed by atoms with Gasteiger partial charge in [-0.05, 0) is 19.3 Å². The van der Waals surface area contributed by atoms with Crippen LogP contribution in [0.25, 0.3) is 0 Å². The molecule has 1 heterocycles. The third-order valence-corrected chi connectivity index (χ3v) is 2.08. The molecule has 1 rings (SSSR count). The molecule has 0 amide bonds. The quantitative estimate of drug-likeness (QED) is 0.672. The van der Waals surface area contributed by atoms with Crippen molar-refractivity contribution >= 4 is 18.4 Å². The number of methoxy groups -OCH3 is 1. The molecule has 0 saturated carbocycles. The number of halogens is 1. The number of ether oxygens (including phenoxy) is 2. The zero-order valence-electron chi connectivity index (χ0n) is 7.69. The predicted molar refractivity (Wildman–Crippen MR) is 50.8 cm³/mol. The van der Waals surface area contributed by atoms with Crippen LogP contribution in [-0.2, 0) is 14.3 Å². The summed E-state index contributed by atoms with van der Waals surface area (Å²) in [6.45, 7) is 0.480. The van der Waals surface area contributed by atoms with E-state index in [0.29, 0.717) is 6.54 Å². The minimum atomic E-state index is -0.391. The van der Waals surface area contributed by atoms with Crippen LogP contribution in [0.1, 0.15) is 19.3 Å². The van der Waals surface area contributed by atoms with E-state index >= 15 is 0 Å².